The van der Waals surface area contributed by atoms with Crippen molar-refractivity contribution in [2.24, 2.45) is 29.4 Å². The first-order valence-corrected chi connectivity index (χ1v) is 7.46. The van der Waals surface area contributed by atoms with E-state index in [1.807, 2.05) is 0 Å². The van der Waals surface area contributed by atoms with Crippen LogP contribution in [0, 0.1) is 23.7 Å². The number of hydrogen-bond acceptors (Lipinski definition) is 1. The normalized spacial score (nSPS) is 42.2. The van der Waals surface area contributed by atoms with Crippen LogP contribution in [0.25, 0.3) is 0 Å². The monoisotopic (exact) mass is 223 g/mol. The minimum absolute atomic E-state index is 0.516. The molecule has 1 heteroatoms. The van der Waals surface area contributed by atoms with Crippen molar-refractivity contribution in [3.05, 3.63) is 0 Å². The van der Waals surface area contributed by atoms with Crippen LogP contribution < -0.4 is 5.73 Å². The van der Waals surface area contributed by atoms with Gasteiger partial charge < -0.3 is 5.73 Å². The maximum Gasteiger partial charge on any atom is 0.00957 e. The topological polar surface area (TPSA) is 26.0 Å². The largest absolute Gasteiger partial charge is 0.327 e. The molecule has 1 nitrogen and oxygen atoms in total. The standard InChI is InChI=1S/C15H29N/c1-3-12-5-8-13(9-6-12)15(16)14-7-4-11(2)10-14/h11-15H,3-10,16H2,1-2H3. The number of hydrogen-bond donors (Lipinski definition) is 1. The second-order valence-corrected chi connectivity index (χ2v) is 6.44. The van der Waals surface area contributed by atoms with E-state index in [4.69, 9.17) is 5.73 Å². The van der Waals surface area contributed by atoms with Gasteiger partial charge in [0.05, 0.1) is 0 Å². The molecular formula is C15H29N. The van der Waals surface area contributed by atoms with Crippen molar-refractivity contribution < 1.29 is 0 Å². The average Bonchev–Trinajstić information content (AvgIpc) is 2.75. The molecule has 2 rings (SSSR count). The van der Waals surface area contributed by atoms with E-state index in [0.717, 1.165) is 23.7 Å². The fourth-order valence-electron chi connectivity index (χ4n) is 3.97. The minimum atomic E-state index is 0.516. The second-order valence-electron chi connectivity index (χ2n) is 6.44. The zero-order valence-electron chi connectivity index (χ0n) is 11.1. The zero-order valence-corrected chi connectivity index (χ0v) is 11.1. The first kappa shape index (κ1) is 12.4. The van der Waals surface area contributed by atoms with Gasteiger partial charge in [-0.25, -0.2) is 0 Å². The molecular weight excluding hydrogens is 194 g/mol. The van der Waals surface area contributed by atoms with Gasteiger partial charge in [0, 0.05) is 6.04 Å². The van der Waals surface area contributed by atoms with Crippen molar-refractivity contribution in [3.63, 3.8) is 0 Å². The molecule has 0 aromatic rings. The molecule has 94 valence electrons. The summed E-state index contributed by atoms with van der Waals surface area (Å²) in [5, 5.41) is 0. The molecule has 16 heavy (non-hydrogen) atoms. The smallest absolute Gasteiger partial charge is 0.00957 e. The Morgan fingerprint density at radius 3 is 2.12 bits per heavy atom. The van der Waals surface area contributed by atoms with Gasteiger partial charge in [-0.2, -0.15) is 0 Å². The summed E-state index contributed by atoms with van der Waals surface area (Å²) in [5.41, 5.74) is 6.50. The lowest BCUT2D eigenvalue weighted by molar-refractivity contribution is 0.201. The van der Waals surface area contributed by atoms with Crippen molar-refractivity contribution in [2.45, 2.75) is 71.3 Å². The predicted octanol–water partition coefficient (Wildman–Crippen LogP) is 3.97. The average molecular weight is 223 g/mol. The molecule has 0 bridgehead atoms. The summed E-state index contributed by atoms with van der Waals surface area (Å²) in [4.78, 5) is 0. The van der Waals surface area contributed by atoms with E-state index in [-0.39, 0.29) is 0 Å². The van der Waals surface area contributed by atoms with E-state index < -0.39 is 0 Å². The van der Waals surface area contributed by atoms with Crippen molar-refractivity contribution in [1.29, 1.82) is 0 Å². The van der Waals surface area contributed by atoms with Crippen LogP contribution in [0.5, 0.6) is 0 Å². The molecule has 0 aromatic heterocycles. The lowest BCUT2D eigenvalue weighted by Crippen LogP contribution is -2.38. The van der Waals surface area contributed by atoms with Crippen molar-refractivity contribution in [3.8, 4) is 0 Å². The van der Waals surface area contributed by atoms with Gasteiger partial charge in [-0.1, -0.05) is 39.5 Å². The molecule has 2 N–H and O–H groups in total. The predicted molar refractivity (Wildman–Crippen MR) is 70.2 cm³/mol. The summed E-state index contributed by atoms with van der Waals surface area (Å²) in [6, 6.07) is 0.516. The summed E-state index contributed by atoms with van der Waals surface area (Å²) in [6.45, 7) is 4.73. The molecule has 3 unspecified atom stereocenters. The summed E-state index contributed by atoms with van der Waals surface area (Å²) in [7, 11) is 0. The van der Waals surface area contributed by atoms with Gasteiger partial charge in [-0.05, 0) is 49.4 Å². The van der Waals surface area contributed by atoms with Crippen LogP contribution in [0.1, 0.15) is 65.2 Å². The van der Waals surface area contributed by atoms with Gasteiger partial charge in [0.25, 0.3) is 0 Å². The van der Waals surface area contributed by atoms with Gasteiger partial charge in [-0.15, -0.1) is 0 Å². The summed E-state index contributed by atoms with van der Waals surface area (Å²) in [5.74, 6) is 3.63. The van der Waals surface area contributed by atoms with Crippen LogP contribution in [0.4, 0.5) is 0 Å². The highest BCUT2D eigenvalue weighted by molar-refractivity contribution is 4.87. The third-order valence-electron chi connectivity index (χ3n) is 5.29. The Kier molecular flexibility index (Phi) is 4.29. The van der Waals surface area contributed by atoms with Crippen LogP contribution in [0.2, 0.25) is 0 Å². The SMILES string of the molecule is CCC1CCC(C(N)C2CCC(C)C2)CC1. The Morgan fingerprint density at radius 1 is 1.00 bits per heavy atom. The minimum Gasteiger partial charge on any atom is -0.327 e. The number of nitrogens with two attached hydrogens (primary N) is 1. The van der Waals surface area contributed by atoms with E-state index in [9.17, 15) is 0 Å². The Hall–Kier alpha value is -0.0400. The summed E-state index contributed by atoms with van der Waals surface area (Å²) in [6.07, 6.45) is 11.3. The third-order valence-corrected chi connectivity index (χ3v) is 5.29. The molecule has 2 aliphatic carbocycles. The van der Waals surface area contributed by atoms with E-state index in [1.165, 1.54) is 51.4 Å². The molecule has 2 saturated carbocycles. The van der Waals surface area contributed by atoms with Gasteiger partial charge in [0.15, 0.2) is 0 Å². The molecule has 2 aliphatic rings. The van der Waals surface area contributed by atoms with Crippen molar-refractivity contribution in [1.82, 2.24) is 0 Å². The van der Waals surface area contributed by atoms with Crippen molar-refractivity contribution >= 4 is 0 Å². The van der Waals surface area contributed by atoms with E-state index in [2.05, 4.69) is 13.8 Å². The fraction of sp³-hybridized carbons (Fsp3) is 1.00. The fourth-order valence-corrected chi connectivity index (χ4v) is 3.97. The molecule has 0 amide bonds. The second kappa shape index (κ2) is 5.53. The Bertz CT molecular complexity index is 205. The molecule has 0 aromatic carbocycles. The van der Waals surface area contributed by atoms with Crippen LogP contribution in [-0.2, 0) is 0 Å². The molecule has 3 atom stereocenters. The molecule has 2 fully saturated rings. The van der Waals surface area contributed by atoms with Gasteiger partial charge in [0.1, 0.15) is 0 Å². The molecule has 0 spiro atoms. The van der Waals surface area contributed by atoms with Gasteiger partial charge in [0.2, 0.25) is 0 Å². The molecule has 0 heterocycles. The summed E-state index contributed by atoms with van der Waals surface area (Å²) < 4.78 is 0. The van der Waals surface area contributed by atoms with Crippen molar-refractivity contribution in [2.75, 3.05) is 0 Å². The first-order valence-electron chi connectivity index (χ1n) is 7.46. The van der Waals surface area contributed by atoms with Crippen LogP contribution in [0.15, 0.2) is 0 Å². The maximum atomic E-state index is 6.50. The van der Waals surface area contributed by atoms with Crippen LogP contribution in [-0.4, -0.2) is 6.04 Å². The highest BCUT2D eigenvalue weighted by atomic mass is 14.7. The molecule has 0 aliphatic heterocycles. The van der Waals surface area contributed by atoms with Gasteiger partial charge in [-0.3, -0.25) is 0 Å². The lowest BCUT2D eigenvalue weighted by Gasteiger charge is -2.34. The molecule has 0 saturated heterocycles. The Labute approximate surface area is 101 Å². The quantitative estimate of drug-likeness (QED) is 0.770. The van der Waals surface area contributed by atoms with E-state index in [1.54, 1.807) is 0 Å². The summed E-state index contributed by atoms with van der Waals surface area (Å²) >= 11 is 0. The molecule has 0 radical (unpaired) electrons. The third kappa shape index (κ3) is 2.80. The van der Waals surface area contributed by atoms with Crippen LogP contribution in [0.3, 0.4) is 0 Å². The maximum absolute atomic E-state index is 6.50. The van der Waals surface area contributed by atoms with Gasteiger partial charge >= 0.3 is 0 Å². The Balaban J connectivity index is 1.79. The Morgan fingerprint density at radius 2 is 1.62 bits per heavy atom. The highest BCUT2D eigenvalue weighted by Gasteiger charge is 2.33. The highest BCUT2D eigenvalue weighted by Crippen LogP contribution is 2.39. The first-order chi connectivity index (χ1) is 7.70. The lowest BCUT2D eigenvalue weighted by atomic mass is 9.74. The zero-order chi connectivity index (χ0) is 11.5. The number of rotatable bonds is 3. The van der Waals surface area contributed by atoms with E-state index >= 15 is 0 Å². The van der Waals surface area contributed by atoms with E-state index in [0.29, 0.717) is 6.04 Å². The van der Waals surface area contributed by atoms with Crippen LogP contribution >= 0.6 is 0 Å².